The van der Waals surface area contributed by atoms with Crippen molar-refractivity contribution in [1.29, 1.82) is 0 Å². The Balaban J connectivity index is 0.00000280. The molecule has 160 valence electrons. The lowest BCUT2D eigenvalue weighted by Crippen LogP contribution is -2.47. The average molecular weight is 506 g/mol. The summed E-state index contributed by atoms with van der Waals surface area (Å²) in [7, 11) is 0. The number of guanidine groups is 1. The van der Waals surface area contributed by atoms with Crippen molar-refractivity contribution in [2.45, 2.75) is 71.1 Å². The molecule has 0 aliphatic carbocycles. The van der Waals surface area contributed by atoms with Crippen LogP contribution in [0.25, 0.3) is 0 Å². The molecule has 9 heteroatoms. The van der Waals surface area contributed by atoms with Gasteiger partial charge in [0, 0.05) is 51.8 Å². The van der Waals surface area contributed by atoms with Crippen molar-refractivity contribution in [3.8, 4) is 0 Å². The van der Waals surface area contributed by atoms with Crippen LogP contribution in [0.3, 0.4) is 0 Å². The van der Waals surface area contributed by atoms with E-state index in [1.807, 2.05) is 4.68 Å². The molecule has 28 heavy (non-hydrogen) atoms. The first kappa shape index (κ1) is 23.3. The highest BCUT2D eigenvalue weighted by Crippen LogP contribution is 2.13. The number of aliphatic imine (C=N–C) groups is 1. The Morgan fingerprint density at radius 1 is 1.29 bits per heavy atom. The van der Waals surface area contributed by atoms with Gasteiger partial charge in [-0.3, -0.25) is 4.99 Å². The Hall–Kier alpha value is -0.940. The first-order valence-corrected chi connectivity index (χ1v) is 10.4. The summed E-state index contributed by atoms with van der Waals surface area (Å²) in [6.45, 7) is 9.07. The van der Waals surface area contributed by atoms with Crippen molar-refractivity contribution in [1.82, 2.24) is 25.4 Å². The molecule has 0 radical (unpaired) electrons. The van der Waals surface area contributed by atoms with Gasteiger partial charge in [-0.25, -0.2) is 9.67 Å². The van der Waals surface area contributed by atoms with Crippen molar-refractivity contribution in [3.63, 3.8) is 0 Å². The molecule has 1 unspecified atom stereocenters. The highest BCUT2D eigenvalue weighted by molar-refractivity contribution is 14.0. The molecule has 0 amide bonds. The number of hydrogen-bond acceptors (Lipinski definition) is 5. The predicted molar refractivity (Wildman–Crippen MR) is 120 cm³/mol. The van der Waals surface area contributed by atoms with Crippen LogP contribution in [0, 0.1) is 0 Å². The third-order valence-corrected chi connectivity index (χ3v) is 5.00. The third-order valence-electron chi connectivity index (χ3n) is 5.00. The molecule has 1 aromatic heterocycles. The molecule has 2 N–H and O–H groups in total. The molecule has 0 aromatic carbocycles. The smallest absolute Gasteiger partial charge is 0.191 e. The monoisotopic (exact) mass is 506 g/mol. The lowest BCUT2D eigenvalue weighted by Gasteiger charge is -2.25. The summed E-state index contributed by atoms with van der Waals surface area (Å²) in [5.41, 5.74) is 0. The molecule has 8 nitrogen and oxygen atoms in total. The third kappa shape index (κ3) is 7.14. The number of halogens is 1. The maximum absolute atomic E-state index is 5.92. The lowest BCUT2D eigenvalue weighted by molar-refractivity contribution is -0.0318. The van der Waals surface area contributed by atoms with Crippen LogP contribution in [-0.2, 0) is 28.9 Å². The number of aromatic nitrogens is 3. The Morgan fingerprint density at radius 2 is 2.11 bits per heavy atom. The Kier molecular flexibility index (Phi) is 10.5. The summed E-state index contributed by atoms with van der Waals surface area (Å²) in [6.07, 6.45) is 6.23. The van der Waals surface area contributed by atoms with Gasteiger partial charge >= 0.3 is 0 Å². The van der Waals surface area contributed by atoms with Gasteiger partial charge in [-0.2, -0.15) is 5.10 Å². The fourth-order valence-electron chi connectivity index (χ4n) is 3.49. The highest BCUT2D eigenvalue weighted by Gasteiger charge is 2.22. The summed E-state index contributed by atoms with van der Waals surface area (Å²) < 4.78 is 13.3. The van der Waals surface area contributed by atoms with Crippen LogP contribution in [0.1, 0.15) is 51.2 Å². The quantitative estimate of drug-likeness (QED) is 0.243. The van der Waals surface area contributed by atoms with Crippen LogP contribution in [0.4, 0.5) is 0 Å². The van der Waals surface area contributed by atoms with E-state index < -0.39 is 0 Å². The van der Waals surface area contributed by atoms with E-state index in [4.69, 9.17) is 14.5 Å². The van der Waals surface area contributed by atoms with Gasteiger partial charge in [-0.05, 0) is 32.6 Å². The molecule has 1 saturated heterocycles. The number of fused-ring (bicyclic) bond motifs is 1. The maximum atomic E-state index is 5.92. The van der Waals surface area contributed by atoms with Crippen molar-refractivity contribution in [2.24, 2.45) is 4.99 Å². The van der Waals surface area contributed by atoms with Crippen LogP contribution in [-0.4, -0.2) is 65.8 Å². The van der Waals surface area contributed by atoms with E-state index in [1.165, 1.54) is 0 Å². The zero-order valence-electron chi connectivity index (χ0n) is 17.2. The number of nitrogens with one attached hydrogen (secondary N) is 2. The summed E-state index contributed by atoms with van der Waals surface area (Å²) in [5.74, 6) is 2.93. The van der Waals surface area contributed by atoms with Gasteiger partial charge in [0.25, 0.3) is 0 Å². The van der Waals surface area contributed by atoms with E-state index in [-0.39, 0.29) is 24.0 Å². The molecule has 0 bridgehead atoms. The van der Waals surface area contributed by atoms with Crippen LogP contribution < -0.4 is 10.6 Å². The topological polar surface area (TPSA) is 85.6 Å². The Labute approximate surface area is 185 Å². The minimum Gasteiger partial charge on any atom is -0.381 e. The number of hydrogen-bond donors (Lipinski definition) is 2. The standard InChI is InChI=1S/C19H34N6O2.HI/c1-3-17-23-18-7-6-15(14-25(18)24-17)22-19(20-4-2)21-10-5-11-27-16-8-12-26-13-9-16;/h15-16H,3-14H2,1-2H3,(H2,20,21,22);1H. The molecular formula is C19H35IN6O2. The van der Waals surface area contributed by atoms with E-state index in [1.54, 1.807) is 0 Å². The van der Waals surface area contributed by atoms with E-state index in [0.717, 1.165) is 95.6 Å². The average Bonchev–Trinajstić information content (AvgIpc) is 3.11. The predicted octanol–water partition coefficient (Wildman–Crippen LogP) is 1.91. The second-order valence-corrected chi connectivity index (χ2v) is 7.16. The van der Waals surface area contributed by atoms with Crippen LogP contribution >= 0.6 is 24.0 Å². The zero-order chi connectivity index (χ0) is 18.9. The van der Waals surface area contributed by atoms with Crippen molar-refractivity contribution in [3.05, 3.63) is 11.6 Å². The molecule has 0 spiro atoms. The van der Waals surface area contributed by atoms with E-state index in [9.17, 15) is 0 Å². The van der Waals surface area contributed by atoms with E-state index in [2.05, 4.69) is 34.6 Å². The van der Waals surface area contributed by atoms with E-state index in [0.29, 0.717) is 12.1 Å². The number of ether oxygens (including phenoxy) is 2. The van der Waals surface area contributed by atoms with Crippen molar-refractivity contribution < 1.29 is 9.47 Å². The van der Waals surface area contributed by atoms with Gasteiger partial charge in [0.05, 0.1) is 12.6 Å². The molecule has 3 rings (SSSR count). The fourth-order valence-corrected chi connectivity index (χ4v) is 3.49. The fraction of sp³-hybridized carbons (Fsp3) is 0.842. The lowest BCUT2D eigenvalue weighted by atomic mass is 10.1. The summed E-state index contributed by atoms with van der Waals surface area (Å²) in [4.78, 5) is 9.30. The molecule has 1 fully saturated rings. The number of nitrogens with zero attached hydrogens (tertiary/aromatic N) is 4. The SMILES string of the molecule is CCNC(=NCCCOC1CCOCC1)NC1CCc2nc(CC)nn2C1.I. The first-order valence-electron chi connectivity index (χ1n) is 10.4. The molecule has 2 aliphatic heterocycles. The molecule has 2 aliphatic rings. The minimum atomic E-state index is 0. The van der Waals surface area contributed by atoms with Gasteiger partial charge in [-0.15, -0.1) is 24.0 Å². The van der Waals surface area contributed by atoms with Gasteiger partial charge in [0.1, 0.15) is 5.82 Å². The molecule has 0 saturated carbocycles. The Morgan fingerprint density at radius 3 is 2.86 bits per heavy atom. The number of rotatable bonds is 8. The van der Waals surface area contributed by atoms with Crippen LogP contribution in [0.15, 0.2) is 4.99 Å². The normalized spacial score (nSPS) is 20.4. The Bertz CT molecular complexity index is 603. The molecule has 1 atom stereocenters. The second kappa shape index (κ2) is 12.6. The summed E-state index contributed by atoms with van der Waals surface area (Å²) in [6, 6.07) is 0.334. The summed E-state index contributed by atoms with van der Waals surface area (Å²) in [5, 5.41) is 11.5. The molecular weight excluding hydrogens is 471 g/mol. The maximum Gasteiger partial charge on any atom is 0.191 e. The largest absolute Gasteiger partial charge is 0.381 e. The number of aryl methyl sites for hydroxylation is 2. The van der Waals surface area contributed by atoms with Crippen molar-refractivity contribution in [2.75, 3.05) is 32.9 Å². The van der Waals surface area contributed by atoms with Crippen LogP contribution in [0.2, 0.25) is 0 Å². The van der Waals surface area contributed by atoms with Gasteiger partial charge in [0.15, 0.2) is 11.8 Å². The summed E-state index contributed by atoms with van der Waals surface area (Å²) >= 11 is 0. The molecule has 3 heterocycles. The van der Waals surface area contributed by atoms with Crippen molar-refractivity contribution >= 4 is 29.9 Å². The molecule has 1 aromatic rings. The zero-order valence-corrected chi connectivity index (χ0v) is 19.5. The second-order valence-electron chi connectivity index (χ2n) is 7.16. The van der Waals surface area contributed by atoms with Gasteiger partial charge in [0.2, 0.25) is 0 Å². The highest BCUT2D eigenvalue weighted by atomic mass is 127. The first-order chi connectivity index (χ1) is 13.3. The van der Waals surface area contributed by atoms with E-state index >= 15 is 0 Å². The van der Waals surface area contributed by atoms with Crippen LogP contribution in [0.5, 0.6) is 0 Å². The van der Waals surface area contributed by atoms with Gasteiger partial charge in [-0.1, -0.05) is 6.92 Å². The minimum absolute atomic E-state index is 0. The van der Waals surface area contributed by atoms with Gasteiger partial charge < -0.3 is 20.1 Å².